The quantitative estimate of drug-likeness (QED) is 0.290. The van der Waals surface area contributed by atoms with Gasteiger partial charge in [-0.3, -0.25) is 4.79 Å². The number of hydrogen-bond acceptors (Lipinski definition) is 5. The van der Waals surface area contributed by atoms with Crippen LogP contribution in [-0.2, 0) is 4.79 Å². The fourth-order valence-electron chi connectivity index (χ4n) is 3.16. The van der Waals surface area contributed by atoms with Crippen LogP contribution in [0.15, 0.2) is 99.2 Å². The molecule has 31 heavy (non-hydrogen) atoms. The summed E-state index contributed by atoms with van der Waals surface area (Å²) < 4.78 is 10.9. The standard InChI is InChI=1S/C25H20N2O4/c1-17(18-8-4-2-5-9-18)26-27-24(28)16-30-20-12-13-21-22(19-10-6-3-7-11-19)15-25(29)31-23(21)14-20/h2-15H,16H2,1H3,(H,27,28)/b26-17+. The number of nitrogens with zero attached hydrogens (tertiary/aromatic N) is 1. The van der Waals surface area contributed by atoms with Crippen molar-refractivity contribution in [3.05, 3.63) is 101 Å². The lowest BCUT2D eigenvalue weighted by atomic mass is 10.0. The molecule has 0 saturated heterocycles. The van der Waals surface area contributed by atoms with Gasteiger partial charge in [-0.25, -0.2) is 10.2 Å². The van der Waals surface area contributed by atoms with Gasteiger partial charge < -0.3 is 9.15 Å². The molecule has 1 N–H and O–H groups in total. The van der Waals surface area contributed by atoms with E-state index in [-0.39, 0.29) is 6.61 Å². The van der Waals surface area contributed by atoms with Crippen LogP contribution < -0.4 is 15.8 Å². The summed E-state index contributed by atoms with van der Waals surface area (Å²) >= 11 is 0. The first-order valence-corrected chi connectivity index (χ1v) is 9.75. The highest BCUT2D eigenvalue weighted by Crippen LogP contribution is 2.29. The maximum Gasteiger partial charge on any atom is 0.336 e. The van der Waals surface area contributed by atoms with Crippen molar-refractivity contribution in [1.29, 1.82) is 0 Å². The van der Waals surface area contributed by atoms with Crippen molar-refractivity contribution >= 4 is 22.6 Å². The van der Waals surface area contributed by atoms with Gasteiger partial charge in [0.05, 0.1) is 5.71 Å². The van der Waals surface area contributed by atoms with Crippen molar-refractivity contribution in [3.63, 3.8) is 0 Å². The molecule has 1 amide bonds. The van der Waals surface area contributed by atoms with E-state index in [1.54, 1.807) is 12.1 Å². The number of ether oxygens (including phenoxy) is 1. The highest BCUT2D eigenvalue weighted by molar-refractivity contribution is 5.99. The van der Waals surface area contributed by atoms with E-state index in [1.807, 2.05) is 73.7 Å². The number of carbonyl (C=O) groups excluding carboxylic acids is 1. The summed E-state index contributed by atoms with van der Waals surface area (Å²) in [4.78, 5) is 24.1. The molecule has 0 aliphatic heterocycles. The Balaban J connectivity index is 1.47. The largest absolute Gasteiger partial charge is 0.484 e. The Morgan fingerprint density at radius 1 is 0.968 bits per heavy atom. The maximum absolute atomic E-state index is 12.1. The van der Waals surface area contributed by atoms with Gasteiger partial charge in [-0.1, -0.05) is 60.7 Å². The maximum atomic E-state index is 12.1. The number of carbonyl (C=O) groups is 1. The summed E-state index contributed by atoms with van der Waals surface area (Å²) in [5.74, 6) is 0.0228. The molecule has 0 aliphatic carbocycles. The topological polar surface area (TPSA) is 80.9 Å². The molecule has 1 aromatic heterocycles. The van der Waals surface area contributed by atoms with Gasteiger partial charge in [-0.15, -0.1) is 0 Å². The van der Waals surface area contributed by atoms with Gasteiger partial charge in [0.1, 0.15) is 11.3 Å². The van der Waals surface area contributed by atoms with Crippen molar-refractivity contribution in [3.8, 4) is 16.9 Å². The lowest BCUT2D eigenvalue weighted by molar-refractivity contribution is -0.123. The molecule has 0 unspecified atom stereocenters. The molecular formula is C25H20N2O4. The Morgan fingerprint density at radius 2 is 1.68 bits per heavy atom. The minimum Gasteiger partial charge on any atom is -0.484 e. The van der Waals surface area contributed by atoms with Crippen LogP contribution in [0.4, 0.5) is 0 Å². The van der Waals surface area contributed by atoms with Crippen molar-refractivity contribution in [1.82, 2.24) is 5.43 Å². The zero-order valence-electron chi connectivity index (χ0n) is 16.9. The number of nitrogens with one attached hydrogen (secondary N) is 1. The molecule has 4 rings (SSSR count). The number of amides is 1. The summed E-state index contributed by atoms with van der Waals surface area (Å²) in [5, 5.41) is 4.87. The second-order valence-corrected chi connectivity index (χ2v) is 6.89. The summed E-state index contributed by atoms with van der Waals surface area (Å²) in [6.45, 7) is 1.59. The zero-order chi connectivity index (χ0) is 21.6. The molecular weight excluding hydrogens is 392 g/mol. The van der Waals surface area contributed by atoms with Crippen LogP contribution in [0.1, 0.15) is 12.5 Å². The summed E-state index contributed by atoms with van der Waals surface area (Å²) in [7, 11) is 0. The molecule has 0 fully saturated rings. The van der Waals surface area contributed by atoms with E-state index in [0.717, 1.165) is 22.1 Å². The third-order valence-electron chi connectivity index (χ3n) is 4.71. The lowest BCUT2D eigenvalue weighted by Gasteiger charge is -2.09. The molecule has 0 spiro atoms. The third kappa shape index (κ3) is 4.87. The Hall–Kier alpha value is -4.19. The average Bonchev–Trinajstić information content (AvgIpc) is 2.81. The van der Waals surface area contributed by atoms with Crippen molar-refractivity contribution in [2.75, 3.05) is 6.61 Å². The van der Waals surface area contributed by atoms with Crippen molar-refractivity contribution < 1.29 is 13.9 Å². The number of hydrogen-bond donors (Lipinski definition) is 1. The van der Waals surface area contributed by atoms with Crippen LogP contribution in [0.5, 0.6) is 5.75 Å². The van der Waals surface area contributed by atoms with E-state index in [1.165, 1.54) is 6.07 Å². The number of hydrazone groups is 1. The predicted molar refractivity (Wildman–Crippen MR) is 120 cm³/mol. The van der Waals surface area contributed by atoms with Gasteiger partial charge in [0.15, 0.2) is 6.61 Å². The molecule has 1 heterocycles. The van der Waals surface area contributed by atoms with Crippen molar-refractivity contribution in [2.45, 2.75) is 6.92 Å². The SMILES string of the molecule is C/C(=N\NC(=O)COc1ccc2c(-c3ccccc3)cc(=O)oc2c1)c1ccccc1. The monoisotopic (exact) mass is 412 g/mol. The van der Waals surface area contributed by atoms with E-state index >= 15 is 0 Å². The fourth-order valence-corrected chi connectivity index (χ4v) is 3.16. The van der Waals surface area contributed by atoms with Crippen LogP contribution >= 0.6 is 0 Å². The fraction of sp³-hybridized carbons (Fsp3) is 0.0800. The minimum absolute atomic E-state index is 0.223. The summed E-state index contributed by atoms with van der Waals surface area (Å²) in [6.07, 6.45) is 0. The van der Waals surface area contributed by atoms with Crippen molar-refractivity contribution in [2.24, 2.45) is 5.10 Å². The average molecular weight is 412 g/mol. The van der Waals surface area contributed by atoms with E-state index in [2.05, 4.69) is 10.5 Å². The molecule has 6 heteroatoms. The molecule has 0 radical (unpaired) electrons. The highest BCUT2D eigenvalue weighted by Gasteiger charge is 2.10. The third-order valence-corrected chi connectivity index (χ3v) is 4.71. The molecule has 0 atom stereocenters. The van der Waals surface area contributed by atoms with Crippen LogP contribution in [0.25, 0.3) is 22.1 Å². The van der Waals surface area contributed by atoms with Crippen LogP contribution in [0, 0.1) is 0 Å². The molecule has 4 aromatic rings. The van der Waals surface area contributed by atoms with Gasteiger partial charge in [-0.05, 0) is 35.7 Å². The molecule has 3 aromatic carbocycles. The minimum atomic E-state index is -0.452. The highest BCUT2D eigenvalue weighted by atomic mass is 16.5. The normalized spacial score (nSPS) is 11.3. The Labute approximate surface area is 178 Å². The van der Waals surface area contributed by atoms with Gasteiger partial charge in [0.2, 0.25) is 0 Å². The lowest BCUT2D eigenvalue weighted by Crippen LogP contribution is -2.25. The Bertz CT molecular complexity index is 1300. The predicted octanol–water partition coefficient (Wildman–Crippen LogP) is 4.38. The summed E-state index contributed by atoms with van der Waals surface area (Å²) in [6, 6.07) is 25.8. The first kappa shape index (κ1) is 20.1. The Morgan fingerprint density at radius 3 is 2.42 bits per heavy atom. The first-order chi connectivity index (χ1) is 15.1. The van der Waals surface area contributed by atoms with Gasteiger partial charge in [-0.2, -0.15) is 5.10 Å². The van der Waals surface area contributed by atoms with Crippen LogP contribution in [-0.4, -0.2) is 18.2 Å². The van der Waals surface area contributed by atoms with Gasteiger partial charge >= 0.3 is 5.63 Å². The summed E-state index contributed by atoms with van der Waals surface area (Å²) in [5.41, 5.74) is 5.72. The van der Waals surface area contributed by atoms with Crippen LogP contribution in [0.3, 0.4) is 0 Å². The number of benzene rings is 3. The van der Waals surface area contributed by atoms with E-state index in [0.29, 0.717) is 17.0 Å². The second-order valence-electron chi connectivity index (χ2n) is 6.89. The molecule has 154 valence electrons. The first-order valence-electron chi connectivity index (χ1n) is 9.75. The van der Waals surface area contributed by atoms with Crippen LogP contribution in [0.2, 0.25) is 0 Å². The zero-order valence-corrected chi connectivity index (χ0v) is 16.9. The number of fused-ring (bicyclic) bond motifs is 1. The second kappa shape index (κ2) is 9.09. The van der Waals surface area contributed by atoms with E-state index in [9.17, 15) is 9.59 Å². The Kier molecular flexibility index (Phi) is 5.89. The van der Waals surface area contributed by atoms with E-state index in [4.69, 9.17) is 9.15 Å². The molecule has 0 saturated carbocycles. The number of rotatable bonds is 6. The molecule has 6 nitrogen and oxygen atoms in total. The van der Waals surface area contributed by atoms with Gasteiger partial charge in [0.25, 0.3) is 5.91 Å². The molecule has 0 bridgehead atoms. The van der Waals surface area contributed by atoms with E-state index < -0.39 is 11.5 Å². The molecule has 0 aliphatic rings. The van der Waals surface area contributed by atoms with Gasteiger partial charge in [0, 0.05) is 17.5 Å². The smallest absolute Gasteiger partial charge is 0.336 e.